The van der Waals surface area contributed by atoms with Crippen LogP contribution in [0.4, 0.5) is 0 Å². The predicted octanol–water partition coefficient (Wildman–Crippen LogP) is 1.15. The Bertz CT molecular complexity index is 730. The van der Waals surface area contributed by atoms with E-state index in [0.29, 0.717) is 32.6 Å². The minimum absolute atomic E-state index is 0.0370. The van der Waals surface area contributed by atoms with Gasteiger partial charge in [0.2, 0.25) is 11.8 Å². The van der Waals surface area contributed by atoms with Crippen LogP contribution < -0.4 is 0 Å². The van der Waals surface area contributed by atoms with E-state index in [2.05, 4.69) is 10.3 Å². The summed E-state index contributed by atoms with van der Waals surface area (Å²) in [5.41, 5.74) is 0.279. The van der Waals surface area contributed by atoms with Crippen molar-refractivity contribution in [2.75, 3.05) is 32.7 Å². The van der Waals surface area contributed by atoms with Gasteiger partial charge in [-0.25, -0.2) is 4.68 Å². The molecular weight excluding hydrogens is 372 g/mol. The van der Waals surface area contributed by atoms with E-state index < -0.39 is 0 Å². The molecule has 1 aromatic rings. The SMILES string of the molecule is CCN(CC)C(=O)Cn1cc(C(=O)N2CCCC[C@H]2CCN2CCCC2=O)nn1. The first-order chi connectivity index (χ1) is 14.0. The number of hydrogen-bond donors (Lipinski definition) is 0. The van der Waals surface area contributed by atoms with Gasteiger partial charge in [-0.15, -0.1) is 5.10 Å². The minimum atomic E-state index is -0.135. The molecule has 2 aliphatic heterocycles. The van der Waals surface area contributed by atoms with Gasteiger partial charge in [0.1, 0.15) is 6.54 Å². The normalized spacial score (nSPS) is 19.7. The number of amides is 3. The maximum Gasteiger partial charge on any atom is 0.276 e. The van der Waals surface area contributed by atoms with Crippen LogP contribution in [0.15, 0.2) is 6.20 Å². The molecule has 0 bridgehead atoms. The Hall–Kier alpha value is -2.45. The van der Waals surface area contributed by atoms with Crippen LogP contribution in [0.25, 0.3) is 0 Å². The fourth-order valence-corrected chi connectivity index (χ4v) is 4.25. The fourth-order valence-electron chi connectivity index (χ4n) is 4.25. The second-order valence-corrected chi connectivity index (χ2v) is 7.79. The lowest BCUT2D eigenvalue weighted by molar-refractivity contribution is -0.131. The molecule has 2 fully saturated rings. The number of likely N-dealkylation sites (N-methyl/N-ethyl adjacent to an activating group) is 1. The van der Waals surface area contributed by atoms with Crippen molar-refractivity contribution in [3.05, 3.63) is 11.9 Å². The third kappa shape index (κ3) is 5.13. The van der Waals surface area contributed by atoms with Crippen LogP contribution >= 0.6 is 0 Å². The predicted molar refractivity (Wildman–Crippen MR) is 107 cm³/mol. The van der Waals surface area contributed by atoms with Crippen LogP contribution in [0.5, 0.6) is 0 Å². The molecule has 3 amide bonds. The topological polar surface area (TPSA) is 91.6 Å². The van der Waals surface area contributed by atoms with Gasteiger partial charge in [-0.1, -0.05) is 5.21 Å². The maximum atomic E-state index is 13.1. The molecule has 9 nitrogen and oxygen atoms in total. The molecule has 2 saturated heterocycles. The van der Waals surface area contributed by atoms with Gasteiger partial charge < -0.3 is 14.7 Å². The molecule has 2 aliphatic rings. The highest BCUT2D eigenvalue weighted by Gasteiger charge is 2.30. The monoisotopic (exact) mass is 404 g/mol. The van der Waals surface area contributed by atoms with Crippen molar-refractivity contribution < 1.29 is 14.4 Å². The van der Waals surface area contributed by atoms with E-state index in [-0.39, 0.29) is 36.0 Å². The van der Waals surface area contributed by atoms with E-state index in [0.717, 1.165) is 38.6 Å². The van der Waals surface area contributed by atoms with E-state index in [1.54, 1.807) is 11.1 Å². The molecule has 0 unspecified atom stereocenters. The number of piperidine rings is 1. The molecule has 0 aromatic carbocycles. The van der Waals surface area contributed by atoms with E-state index in [1.165, 1.54) is 4.68 Å². The van der Waals surface area contributed by atoms with E-state index in [4.69, 9.17) is 0 Å². The smallest absolute Gasteiger partial charge is 0.276 e. The number of carbonyl (C=O) groups is 3. The maximum absolute atomic E-state index is 13.1. The quantitative estimate of drug-likeness (QED) is 0.648. The van der Waals surface area contributed by atoms with E-state index in [1.807, 2.05) is 23.6 Å². The molecule has 0 saturated carbocycles. The number of hydrogen-bond acceptors (Lipinski definition) is 5. The number of nitrogens with zero attached hydrogens (tertiary/aromatic N) is 6. The highest BCUT2D eigenvalue weighted by Crippen LogP contribution is 2.23. The van der Waals surface area contributed by atoms with Crippen molar-refractivity contribution in [3.63, 3.8) is 0 Å². The van der Waals surface area contributed by atoms with Gasteiger partial charge in [0, 0.05) is 45.2 Å². The van der Waals surface area contributed by atoms with Gasteiger partial charge in [0.05, 0.1) is 6.20 Å². The molecule has 9 heteroatoms. The number of likely N-dealkylation sites (tertiary alicyclic amines) is 2. The molecule has 29 heavy (non-hydrogen) atoms. The molecule has 3 heterocycles. The summed E-state index contributed by atoms with van der Waals surface area (Å²) in [7, 11) is 0. The van der Waals surface area contributed by atoms with E-state index >= 15 is 0 Å². The van der Waals surface area contributed by atoms with Crippen molar-refractivity contribution >= 4 is 17.7 Å². The first kappa shape index (κ1) is 21.3. The average Bonchev–Trinajstić information content (AvgIpc) is 3.36. The summed E-state index contributed by atoms with van der Waals surface area (Å²) in [5, 5.41) is 8.01. The van der Waals surface area contributed by atoms with Gasteiger partial charge >= 0.3 is 0 Å². The molecule has 0 N–H and O–H groups in total. The van der Waals surface area contributed by atoms with Gasteiger partial charge in [-0.05, 0) is 46.0 Å². The molecule has 3 rings (SSSR count). The van der Waals surface area contributed by atoms with Gasteiger partial charge in [-0.3, -0.25) is 14.4 Å². The molecule has 1 atom stereocenters. The van der Waals surface area contributed by atoms with Crippen LogP contribution in [-0.2, 0) is 16.1 Å². The van der Waals surface area contributed by atoms with E-state index in [9.17, 15) is 14.4 Å². The van der Waals surface area contributed by atoms with Crippen LogP contribution in [0.3, 0.4) is 0 Å². The van der Waals surface area contributed by atoms with Crippen LogP contribution in [-0.4, -0.2) is 86.2 Å². The zero-order valence-corrected chi connectivity index (χ0v) is 17.5. The summed E-state index contributed by atoms with van der Waals surface area (Å²) in [6, 6.07) is 0.118. The zero-order chi connectivity index (χ0) is 20.8. The number of rotatable bonds is 8. The first-order valence-electron chi connectivity index (χ1n) is 10.8. The Morgan fingerprint density at radius 3 is 2.66 bits per heavy atom. The summed E-state index contributed by atoms with van der Waals surface area (Å²) in [6.45, 7) is 7.47. The van der Waals surface area contributed by atoms with Crippen LogP contribution in [0.2, 0.25) is 0 Å². The Morgan fingerprint density at radius 1 is 1.17 bits per heavy atom. The summed E-state index contributed by atoms with van der Waals surface area (Å²) >= 11 is 0. The third-order valence-electron chi connectivity index (χ3n) is 5.96. The first-order valence-corrected chi connectivity index (χ1v) is 10.8. The molecular formula is C20H32N6O3. The lowest BCUT2D eigenvalue weighted by Gasteiger charge is -2.36. The van der Waals surface area contributed by atoms with Crippen LogP contribution in [0, 0.1) is 0 Å². The van der Waals surface area contributed by atoms with Crippen LogP contribution in [0.1, 0.15) is 62.9 Å². The van der Waals surface area contributed by atoms with Crippen molar-refractivity contribution in [1.29, 1.82) is 0 Å². The lowest BCUT2D eigenvalue weighted by atomic mass is 9.98. The summed E-state index contributed by atoms with van der Waals surface area (Å²) in [5.74, 6) is 0.0495. The Kier molecular flexibility index (Phi) is 7.22. The Labute approximate surface area is 172 Å². The highest BCUT2D eigenvalue weighted by molar-refractivity contribution is 5.92. The number of aromatic nitrogens is 3. The van der Waals surface area contributed by atoms with Crippen molar-refractivity contribution in [1.82, 2.24) is 29.7 Å². The average molecular weight is 405 g/mol. The lowest BCUT2D eigenvalue weighted by Crippen LogP contribution is -2.45. The second-order valence-electron chi connectivity index (χ2n) is 7.79. The molecule has 1 aromatic heterocycles. The minimum Gasteiger partial charge on any atom is -0.343 e. The molecule has 0 radical (unpaired) electrons. The second kappa shape index (κ2) is 9.84. The Balaban J connectivity index is 1.60. The molecule has 160 valence electrons. The Morgan fingerprint density at radius 2 is 1.97 bits per heavy atom. The largest absolute Gasteiger partial charge is 0.343 e. The third-order valence-corrected chi connectivity index (χ3v) is 5.96. The van der Waals surface area contributed by atoms with Crippen molar-refractivity contribution in [2.45, 2.75) is 65.0 Å². The standard InChI is InChI=1S/C20H32N6O3/c1-3-23(4-2)19(28)15-25-14-17(21-22-25)20(29)26-12-6-5-8-16(26)10-13-24-11-7-9-18(24)27/h14,16H,3-13,15H2,1-2H3/t16-/m0/s1. The van der Waals surface area contributed by atoms with Crippen molar-refractivity contribution in [3.8, 4) is 0 Å². The van der Waals surface area contributed by atoms with Gasteiger partial charge in [0.15, 0.2) is 5.69 Å². The van der Waals surface area contributed by atoms with Crippen molar-refractivity contribution in [2.24, 2.45) is 0 Å². The fraction of sp³-hybridized carbons (Fsp3) is 0.750. The zero-order valence-electron chi connectivity index (χ0n) is 17.5. The molecule has 0 spiro atoms. The molecule has 0 aliphatic carbocycles. The van der Waals surface area contributed by atoms with Gasteiger partial charge in [-0.2, -0.15) is 0 Å². The number of carbonyl (C=O) groups excluding carboxylic acids is 3. The van der Waals surface area contributed by atoms with Gasteiger partial charge in [0.25, 0.3) is 5.91 Å². The summed E-state index contributed by atoms with van der Waals surface area (Å²) in [4.78, 5) is 42.7. The summed E-state index contributed by atoms with van der Waals surface area (Å²) in [6.07, 6.45) is 6.95. The summed E-state index contributed by atoms with van der Waals surface area (Å²) < 4.78 is 1.44. The highest BCUT2D eigenvalue weighted by atomic mass is 16.2.